The average Bonchev–Trinajstić information content (AvgIpc) is 3.06. The highest BCUT2D eigenvalue weighted by Gasteiger charge is 2.15. The van der Waals surface area contributed by atoms with Gasteiger partial charge in [-0.2, -0.15) is 0 Å². The molecule has 2 aromatic rings. The van der Waals surface area contributed by atoms with Gasteiger partial charge in [0.25, 0.3) is 0 Å². The van der Waals surface area contributed by atoms with E-state index in [4.69, 9.17) is 10.3 Å². The van der Waals surface area contributed by atoms with Crippen LogP contribution in [0.3, 0.4) is 0 Å². The number of nitrogen functional groups attached to an aromatic ring is 1. The number of hydrogen-bond donors (Lipinski definition) is 2. The summed E-state index contributed by atoms with van der Waals surface area (Å²) in [5.74, 6) is 7.05. The fourth-order valence-electron chi connectivity index (χ4n) is 1.50. The second kappa shape index (κ2) is 6.47. The highest BCUT2D eigenvalue weighted by Crippen LogP contribution is 2.21. The summed E-state index contributed by atoms with van der Waals surface area (Å²) >= 11 is 1.24. The standard InChI is InChI=1S/C12H17N5O2S/c1-3-8(2)14-10(18)7-20-12-16-15-11(17(12)13)9-5-4-6-19-9/h4-6,8H,3,7,13H2,1-2H3,(H,14,18). The number of nitrogens with zero attached hydrogens (tertiary/aromatic N) is 3. The number of aromatic nitrogens is 3. The number of carbonyl (C=O) groups is 1. The molecule has 2 aromatic heterocycles. The molecule has 7 nitrogen and oxygen atoms in total. The molecule has 0 spiro atoms. The molecule has 108 valence electrons. The maximum atomic E-state index is 11.7. The second-order valence-corrected chi connectivity index (χ2v) is 5.26. The van der Waals surface area contributed by atoms with Crippen molar-refractivity contribution in [3.8, 4) is 11.6 Å². The molecule has 0 aliphatic heterocycles. The van der Waals surface area contributed by atoms with Crippen LogP contribution < -0.4 is 11.2 Å². The van der Waals surface area contributed by atoms with Gasteiger partial charge in [-0.25, -0.2) is 4.68 Å². The summed E-state index contributed by atoms with van der Waals surface area (Å²) in [7, 11) is 0. The third-order valence-electron chi connectivity index (χ3n) is 2.76. The molecule has 3 N–H and O–H groups in total. The van der Waals surface area contributed by atoms with Gasteiger partial charge in [-0.1, -0.05) is 18.7 Å². The van der Waals surface area contributed by atoms with Crippen molar-refractivity contribution in [2.75, 3.05) is 11.6 Å². The Kier molecular flexibility index (Phi) is 4.67. The van der Waals surface area contributed by atoms with Gasteiger partial charge in [0, 0.05) is 6.04 Å². The van der Waals surface area contributed by atoms with Crippen LogP contribution in [0.5, 0.6) is 0 Å². The van der Waals surface area contributed by atoms with Gasteiger partial charge in [-0.15, -0.1) is 10.2 Å². The van der Waals surface area contributed by atoms with Crippen molar-refractivity contribution in [3.05, 3.63) is 18.4 Å². The zero-order valence-corrected chi connectivity index (χ0v) is 12.2. The van der Waals surface area contributed by atoms with Crippen molar-refractivity contribution in [2.24, 2.45) is 0 Å². The van der Waals surface area contributed by atoms with Gasteiger partial charge in [-0.3, -0.25) is 4.79 Å². The van der Waals surface area contributed by atoms with Crippen LogP contribution in [0.4, 0.5) is 0 Å². The van der Waals surface area contributed by atoms with Crippen LogP contribution in [0.1, 0.15) is 20.3 Å². The van der Waals surface area contributed by atoms with Crippen molar-refractivity contribution >= 4 is 17.7 Å². The first-order valence-electron chi connectivity index (χ1n) is 6.28. The van der Waals surface area contributed by atoms with E-state index in [1.165, 1.54) is 22.7 Å². The van der Waals surface area contributed by atoms with Crippen LogP contribution in [0.25, 0.3) is 11.6 Å². The Morgan fingerprint density at radius 3 is 3.05 bits per heavy atom. The van der Waals surface area contributed by atoms with Gasteiger partial charge in [-0.05, 0) is 25.5 Å². The van der Waals surface area contributed by atoms with Crippen molar-refractivity contribution in [1.29, 1.82) is 0 Å². The predicted octanol–water partition coefficient (Wildman–Crippen LogP) is 1.26. The van der Waals surface area contributed by atoms with Gasteiger partial charge in [0.2, 0.25) is 16.9 Å². The largest absolute Gasteiger partial charge is 0.461 e. The third-order valence-corrected chi connectivity index (χ3v) is 3.70. The lowest BCUT2D eigenvalue weighted by molar-refractivity contribution is -0.119. The summed E-state index contributed by atoms with van der Waals surface area (Å²) in [4.78, 5) is 11.7. The number of nitrogens with two attached hydrogens (primary N) is 1. The van der Waals surface area contributed by atoms with E-state index in [0.717, 1.165) is 6.42 Å². The van der Waals surface area contributed by atoms with Gasteiger partial charge in [0.05, 0.1) is 12.0 Å². The quantitative estimate of drug-likeness (QED) is 0.615. The number of rotatable bonds is 6. The topological polar surface area (TPSA) is 99.0 Å². The Hall–Kier alpha value is -1.96. The molecular weight excluding hydrogens is 278 g/mol. The van der Waals surface area contributed by atoms with Crippen molar-refractivity contribution in [2.45, 2.75) is 31.5 Å². The third kappa shape index (κ3) is 3.32. The molecule has 1 unspecified atom stereocenters. The summed E-state index contributed by atoms with van der Waals surface area (Å²) in [5.41, 5.74) is 0. The second-order valence-electron chi connectivity index (χ2n) is 4.32. The Bertz CT molecular complexity index is 566. The maximum Gasteiger partial charge on any atom is 0.230 e. The molecule has 1 amide bonds. The van der Waals surface area contributed by atoms with Crippen molar-refractivity contribution < 1.29 is 9.21 Å². The number of hydrogen-bond acceptors (Lipinski definition) is 6. The minimum Gasteiger partial charge on any atom is -0.461 e. The molecule has 0 aliphatic carbocycles. The summed E-state index contributed by atoms with van der Waals surface area (Å²) in [6.45, 7) is 3.98. The minimum absolute atomic E-state index is 0.0492. The Balaban J connectivity index is 1.96. The van der Waals surface area contributed by atoms with Crippen molar-refractivity contribution in [1.82, 2.24) is 20.2 Å². The maximum absolute atomic E-state index is 11.7. The smallest absolute Gasteiger partial charge is 0.230 e. The summed E-state index contributed by atoms with van der Waals surface area (Å²) in [6.07, 6.45) is 2.43. The van der Waals surface area contributed by atoms with Crippen molar-refractivity contribution in [3.63, 3.8) is 0 Å². The fraction of sp³-hybridized carbons (Fsp3) is 0.417. The molecule has 0 saturated carbocycles. The van der Waals surface area contributed by atoms with Crippen LogP contribution in [-0.4, -0.2) is 32.6 Å². The van der Waals surface area contributed by atoms with Gasteiger partial charge in [0.1, 0.15) is 0 Å². The zero-order valence-electron chi connectivity index (χ0n) is 11.4. The van der Waals surface area contributed by atoms with Crippen LogP contribution in [0.15, 0.2) is 28.0 Å². The summed E-state index contributed by atoms with van der Waals surface area (Å²) in [6, 6.07) is 3.66. The molecule has 2 rings (SSSR count). The molecule has 0 bridgehead atoms. The molecule has 0 saturated heterocycles. The van der Waals surface area contributed by atoms with E-state index in [9.17, 15) is 4.79 Å². The number of carbonyl (C=O) groups excluding carboxylic acids is 1. The van der Waals surface area contributed by atoms with Crippen LogP contribution in [0.2, 0.25) is 0 Å². The van der Waals surface area contributed by atoms with Gasteiger partial charge >= 0.3 is 0 Å². The number of amides is 1. The SMILES string of the molecule is CCC(C)NC(=O)CSc1nnc(-c2ccco2)n1N. The first-order chi connectivity index (χ1) is 9.61. The average molecular weight is 295 g/mol. The van der Waals surface area contributed by atoms with Gasteiger partial charge in [0.15, 0.2) is 5.76 Å². The number of nitrogens with one attached hydrogen (secondary N) is 1. The van der Waals surface area contributed by atoms with Crippen LogP contribution in [0, 0.1) is 0 Å². The van der Waals surface area contributed by atoms with E-state index in [1.54, 1.807) is 12.1 Å². The Morgan fingerprint density at radius 1 is 1.60 bits per heavy atom. The highest BCUT2D eigenvalue weighted by atomic mass is 32.2. The molecule has 8 heteroatoms. The zero-order chi connectivity index (χ0) is 14.5. The normalized spacial score (nSPS) is 12.3. The molecule has 0 aromatic carbocycles. The lowest BCUT2D eigenvalue weighted by Crippen LogP contribution is -2.33. The highest BCUT2D eigenvalue weighted by molar-refractivity contribution is 7.99. The number of furan rings is 1. The van der Waals surface area contributed by atoms with E-state index in [1.807, 2.05) is 13.8 Å². The Labute approximate surface area is 120 Å². The lowest BCUT2D eigenvalue weighted by atomic mass is 10.3. The monoisotopic (exact) mass is 295 g/mol. The molecule has 1 atom stereocenters. The van der Waals surface area contributed by atoms with Crippen LogP contribution in [-0.2, 0) is 4.79 Å². The molecular formula is C12H17N5O2S. The summed E-state index contributed by atoms with van der Waals surface area (Å²) < 4.78 is 6.53. The molecule has 2 heterocycles. The van der Waals surface area contributed by atoms with E-state index >= 15 is 0 Å². The molecule has 0 radical (unpaired) electrons. The number of thioether (sulfide) groups is 1. The molecule has 20 heavy (non-hydrogen) atoms. The fourth-order valence-corrected chi connectivity index (χ4v) is 2.17. The minimum atomic E-state index is -0.0492. The molecule has 0 fully saturated rings. The molecule has 0 aliphatic rings. The summed E-state index contributed by atoms with van der Waals surface area (Å²) in [5, 5.41) is 11.3. The van der Waals surface area contributed by atoms with E-state index in [-0.39, 0.29) is 17.7 Å². The van der Waals surface area contributed by atoms with Gasteiger partial charge < -0.3 is 15.6 Å². The van der Waals surface area contributed by atoms with E-state index < -0.39 is 0 Å². The Morgan fingerprint density at radius 2 is 2.40 bits per heavy atom. The van der Waals surface area contributed by atoms with E-state index in [2.05, 4.69) is 15.5 Å². The first-order valence-corrected chi connectivity index (χ1v) is 7.27. The first kappa shape index (κ1) is 14.4. The predicted molar refractivity (Wildman–Crippen MR) is 76.5 cm³/mol. The van der Waals surface area contributed by atoms with E-state index in [0.29, 0.717) is 16.7 Å². The van der Waals surface area contributed by atoms with Crippen LogP contribution >= 0.6 is 11.8 Å². The lowest BCUT2D eigenvalue weighted by Gasteiger charge is -2.10.